The molecule has 0 aliphatic carbocycles. The minimum atomic E-state index is 0. The van der Waals surface area contributed by atoms with Gasteiger partial charge in [0.1, 0.15) is 0 Å². The summed E-state index contributed by atoms with van der Waals surface area (Å²) in [5.74, 6) is 0. The molecule has 0 unspecified atom stereocenters. The molecule has 0 aromatic carbocycles. The fourth-order valence-electron chi connectivity index (χ4n) is 0. The van der Waals surface area contributed by atoms with Crippen molar-refractivity contribution in [3.8, 4) is 0 Å². The van der Waals surface area contributed by atoms with E-state index in [0.717, 1.165) is 0 Å². The number of rotatable bonds is 0. The van der Waals surface area contributed by atoms with Gasteiger partial charge in [-0.1, -0.05) is 0 Å². The zero-order valence-corrected chi connectivity index (χ0v) is 5.93. The summed E-state index contributed by atoms with van der Waals surface area (Å²) in [6.07, 6.45) is 0. The van der Waals surface area contributed by atoms with Crippen LogP contribution >= 0.6 is 0 Å². The summed E-state index contributed by atoms with van der Waals surface area (Å²) >= 11 is 0. The van der Waals surface area contributed by atoms with E-state index in [9.17, 15) is 0 Å². The summed E-state index contributed by atoms with van der Waals surface area (Å²) in [4.78, 5) is 0. The Morgan fingerprint density at radius 3 is 1.00 bits per heavy atom. The summed E-state index contributed by atoms with van der Waals surface area (Å²) in [5.41, 5.74) is 0. The van der Waals surface area contributed by atoms with E-state index in [1.807, 2.05) is 0 Å². The molecule has 0 heterocycles. The van der Waals surface area contributed by atoms with Crippen molar-refractivity contribution in [1.82, 2.24) is 0 Å². The second-order valence-corrected chi connectivity index (χ2v) is 0. The minimum Gasteiger partial charge on any atom is -1.00 e. The van der Waals surface area contributed by atoms with E-state index in [1.54, 1.807) is 0 Å². The van der Waals surface area contributed by atoms with E-state index >= 15 is 0 Å². The fraction of sp³-hybridized carbons (Fsp3) is 0. The van der Waals surface area contributed by atoms with Crippen molar-refractivity contribution in [3.63, 3.8) is 0 Å². The molecule has 0 aromatic rings. The Kier molecular flexibility index (Phi) is 195. The quantitative estimate of drug-likeness (QED) is 0.371. The van der Waals surface area contributed by atoms with Crippen LogP contribution in [0.25, 0.3) is 0 Å². The Bertz CT molecular complexity index is 11.5. The van der Waals surface area contributed by atoms with Gasteiger partial charge in [-0.2, -0.15) is 0 Å². The molecular formula is H4CaMgO2. The van der Waals surface area contributed by atoms with Crippen molar-refractivity contribution in [2.45, 2.75) is 0 Å². The molecule has 0 amide bonds. The normalized spacial score (nSPS) is 0. The largest absolute Gasteiger partial charge is 2.00 e. The topological polar surface area (TPSA) is 60.0 Å². The standard InChI is InChI=1S/Ca.Mg.2H2O.2H/h;;2*1H2;;/q2*+2;;;2*-1/p-2. The van der Waals surface area contributed by atoms with Gasteiger partial charge in [-0.05, 0) is 0 Å². The first-order valence-electron chi connectivity index (χ1n) is 0. The molecule has 0 saturated heterocycles. The monoisotopic (exact) mass is 100.0 g/mol. The van der Waals surface area contributed by atoms with E-state index in [0.29, 0.717) is 0 Å². The predicted octanol–water partition coefficient (Wildman–Crippen LogP) is -0.890. The van der Waals surface area contributed by atoms with E-state index in [2.05, 4.69) is 0 Å². The zero-order valence-electron chi connectivity index (χ0n) is 4.31. The molecule has 0 spiro atoms. The van der Waals surface area contributed by atoms with Gasteiger partial charge < -0.3 is 13.8 Å². The van der Waals surface area contributed by atoms with Gasteiger partial charge in [0.05, 0.1) is 0 Å². The third kappa shape index (κ3) is 9.04. The molecule has 2 nitrogen and oxygen atoms in total. The summed E-state index contributed by atoms with van der Waals surface area (Å²) in [6.45, 7) is 0. The fourth-order valence-corrected chi connectivity index (χ4v) is 0. The van der Waals surface area contributed by atoms with Crippen LogP contribution in [0.5, 0.6) is 0 Å². The molecule has 0 rings (SSSR count). The van der Waals surface area contributed by atoms with Gasteiger partial charge in [-0.15, -0.1) is 0 Å². The molecule has 20 valence electrons. The van der Waals surface area contributed by atoms with Crippen LogP contribution in [0.15, 0.2) is 0 Å². The summed E-state index contributed by atoms with van der Waals surface area (Å²) < 4.78 is 0. The molecule has 0 saturated carbocycles. The van der Waals surface area contributed by atoms with Crippen LogP contribution in [0.1, 0.15) is 2.85 Å². The molecule has 2 N–H and O–H groups in total. The van der Waals surface area contributed by atoms with Gasteiger partial charge in [-0.25, -0.2) is 0 Å². The number of hydrogen-bond donors (Lipinski definition) is 0. The Morgan fingerprint density at radius 1 is 1.00 bits per heavy atom. The molecule has 4 heteroatoms. The maximum absolute atomic E-state index is 0. The van der Waals surface area contributed by atoms with E-state index < -0.39 is 0 Å². The molecule has 0 fully saturated rings. The average molecular weight is 100 g/mol. The summed E-state index contributed by atoms with van der Waals surface area (Å²) in [7, 11) is 0. The molecule has 0 aromatic heterocycles. The average Bonchev–Trinajstić information content (AvgIpc) is 0. The maximum Gasteiger partial charge on any atom is 2.00 e. The first kappa shape index (κ1) is 38.4. The van der Waals surface area contributed by atoms with Gasteiger partial charge in [0.25, 0.3) is 0 Å². The number of hydrogen-bond acceptors (Lipinski definition) is 2. The third-order valence-electron chi connectivity index (χ3n) is 0. The molecule has 0 bridgehead atoms. The van der Waals surface area contributed by atoms with E-state index in [-0.39, 0.29) is 74.6 Å². The molecule has 0 aliphatic rings. The summed E-state index contributed by atoms with van der Waals surface area (Å²) in [6, 6.07) is 0. The van der Waals surface area contributed by atoms with Gasteiger partial charge in [-0.3, -0.25) is 0 Å². The van der Waals surface area contributed by atoms with Crippen LogP contribution in [0.2, 0.25) is 0 Å². The van der Waals surface area contributed by atoms with Crippen LogP contribution in [0, 0.1) is 0 Å². The van der Waals surface area contributed by atoms with Gasteiger partial charge in [0.2, 0.25) is 0 Å². The Morgan fingerprint density at radius 2 is 1.00 bits per heavy atom. The van der Waals surface area contributed by atoms with E-state index in [4.69, 9.17) is 0 Å². The van der Waals surface area contributed by atoms with Crippen molar-refractivity contribution >= 4 is 60.8 Å². The van der Waals surface area contributed by atoms with Crippen LogP contribution < -0.4 is 0 Å². The maximum atomic E-state index is 0. The Labute approximate surface area is 73.7 Å². The smallest absolute Gasteiger partial charge is 1.00 e. The van der Waals surface area contributed by atoms with Crippen molar-refractivity contribution in [2.24, 2.45) is 0 Å². The van der Waals surface area contributed by atoms with Crippen molar-refractivity contribution in [3.05, 3.63) is 0 Å². The molecule has 0 radical (unpaired) electrons. The van der Waals surface area contributed by atoms with Crippen molar-refractivity contribution in [2.75, 3.05) is 0 Å². The van der Waals surface area contributed by atoms with Gasteiger partial charge >= 0.3 is 60.8 Å². The third-order valence-corrected chi connectivity index (χ3v) is 0. The first-order chi connectivity index (χ1) is 0. The van der Waals surface area contributed by atoms with Crippen molar-refractivity contribution < 1.29 is 13.8 Å². The first-order valence-corrected chi connectivity index (χ1v) is 0. The minimum absolute atomic E-state index is 0. The molecule has 0 atom stereocenters. The van der Waals surface area contributed by atoms with Gasteiger partial charge in [0, 0.05) is 0 Å². The van der Waals surface area contributed by atoms with Crippen LogP contribution in [0.4, 0.5) is 0 Å². The SMILES string of the molecule is [Ca+2].[H-].[H-].[Mg+2].[OH-].[OH-]. The Balaban J connectivity index is 0. The molecule has 0 aliphatic heterocycles. The predicted molar refractivity (Wildman–Crippen MR) is 17.6 cm³/mol. The second-order valence-electron chi connectivity index (χ2n) is 0. The van der Waals surface area contributed by atoms with Crippen LogP contribution in [-0.4, -0.2) is 71.7 Å². The summed E-state index contributed by atoms with van der Waals surface area (Å²) in [5, 5.41) is 0. The van der Waals surface area contributed by atoms with Crippen LogP contribution in [0.3, 0.4) is 0 Å². The zero-order chi connectivity index (χ0) is 0. The van der Waals surface area contributed by atoms with Crippen molar-refractivity contribution in [1.29, 1.82) is 0 Å². The molecular weight excluding hydrogens is 96.4 g/mol. The Hall–Kier alpha value is 1.95. The van der Waals surface area contributed by atoms with Gasteiger partial charge in [0.15, 0.2) is 0 Å². The van der Waals surface area contributed by atoms with E-state index in [1.165, 1.54) is 0 Å². The second kappa shape index (κ2) is 20.3. The molecule has 4 heavy (non-hydrogen) atoms. The van der Waals surface area contributed by atoms with Crippen LogP contribution in [-0.2, 0) is 0 Å².